The number of hydrogen-bond donors (Lipinski definition) is 2. The zero-order valence-corrected chi connectivity index (χ0v) is 12.5. The van der Waals surface area contributed by atoms with E-state index in [1.807, 2.05) is 19.0 Å². The Labute approximate surface area is 119 Å². The quantitative estimate of drug-likeness (QED) is 0.743. The first-order chi connectivity index (χ1) is 9.21. The predicted molar refractivity (Wildman–Crippen MR) is 77.6 cm³/mol. The minimum atomic E-state index is -1.00. The Morgan fingerprint density at radius 3 is 2.75 bits per heavy atom. The lowest BCUT2D eigenvalue weighted by Gasteiger charge is -2.27. The number of aryl methyl sites for hydroxylation is 1. The van der Waals surface area contributed by atoms with Gasteiger partial charge in [0.25, 0.3) is 5.56 Å². The Bertz CT molecular complexity index is 521. The maximum Gasteiger partial charge on any atom is 0.253 e. The van der Waals surface area contributed by atoms with Crippen molar-refractivity contribution in [2.75, 3.05) is 27.2 Å². The fourth-order valence-corrected chi connectivity index (χ4v) is 2.02. The van der Waals surface area contributed by atoms with Crippen molar-refractivity contribution in [3.63, 3.8) is 0 Å². The van der Waals surface area contributed by atoms with E-state index >= 15 is 0 Å². The molecule has 0 aliphatic rings. The molecule has 0 bridgehead atoms. The lowest BCUT2D eigenvalue weighted by Crippen LogP contribution is -2.48. The van der Waals surface area contributed by atoms with Crippen LogP contribution < -0.4 is 10.9 Å². The third-order valence-corrected chi connectivity index (χ3v) is 2.85. The first kappa shape index (κ1) is 16.4. The van der Waals surface area contributed by atoms with E-state index in [0.29, 0.717) is 12.1 Å². The van der Waals surface area contributed by atoms with Crippen molar-refractivity contribution in [3.05, 3.63) is 34.2 Å². The Kier molecular flexibility index (Phi) is 5.47. The molecule has 0 radical (unpaired) electrons. The zero-order valence-electron chi connectivity index (χ0n) is 12.5. The van der Waals surface area contributed by atoms with Gasteiger partial charge in [-0.25, -0.2) is 0 Å². The van der Waals surface area contributed by atoms with Crippen molar-refractivity contribution in [2.24, 2.45) is 0 Å². The zero-order chi connectivity index (χ0) is 15.3. The van der Waals surface area contributed by atoms with Crippen LogP contribution in [0, 0.1) is 6.92 Å². The summed E-state index contributed by atoms with van der Waals surface area (Å²) in [7, 11) is 3.70. The van der Waals surface area contributed by atoms with Crippen molar-refractivity contribution < 1.29 is 9.90 Å². The number of pyridine rings is 1. The van der Waals surface area contributed by atoms with Crippen LogP contribution in [0.15, 0.2) is 23.1 Å². The summed E-state index contributed by atoms with van der Waals surface area (Å²) in [5.74, 6) is -0.295. The van der Waals surface area contributed by atoms with Crippen LogP contribution in [-0.4, -0.2) is 53.3 Å². The first-order valence-corrected chi connectivity index (χ1v) is 6.51. The first-order valence-electron chi connectivity index (χ1n) is 6.51. The molecular weight excluding hydrogens is 258 g/mol. The number of aliphatic hydroxyl groups is 1. The molecule has 6 nitrogen and oxygen atoms in total. The number of amides is 1. The van der Waals surface area contributed by atoms with Crippen molar-refractivity contribution >= 4 is 5.91 Å². The van der Waals surface area contributed by atoms with E-state index in [4.69, 9.17) is 0 Å². The van der Waals surface area contributed by atoms with Crippen molar-refractivity contribution in [1.29, 1.82) is 0 Å². The van der Waals surface area contributed by atoms with Crippen molar-refractivity contribution in [2.45, 2.75) is 26.0 Å². The van der Waals surface area contributed by atoms with E-state index in [9.17, 15) is 14.7 Å². The van der Waals surface area contributed by atoms with E-state index in [2.05, 4.69) is 5.32 Å². The van der Waals surface area contributed by atoms with Gasteiger partial charge < -0.3 is 19.9 Å². The smallest absolute Gasteiger partial charge is 0.253 e. The second-order valence-electron chi connectivity index (χ2n) is 5.64. The number of carbonyl (C=O) groups is 1. The Hall–Kier alpha value is -1.66. The summed E-state index contributed by atoms with van der Waals surface area (Å²) in [6.07, 6.45) is 1.58. The molecule has 2 N–H and O–H groups in total. The van der Waals surface area contributed by atoms with Gasteiger partial charge in [-0.05, 0) is 34.0 Å². The van der Waals surface area contributed by atoms with Gasteiger partial charge in [-0.1, -0.05) is 6.07 Å². The van der Waals surface area contributed by atoms with Gasteiger partial charge in [0.2, 0.25) is 5.91 Å². The second-order valence-corrected chi connectivity index (χ2v) is 5.64. The van der Waals surface area contributed by atoms with Crippen LogP contribution in [0.25, 0.3) is 0 Å². The van der Waals surface area contributed by atoms with E-state index in [1.165, 1.54) is 4.57 Å². The van der Waals surface area contributed by atoms with Crippen LogP contribution in [0.5, 0.6) is 0 Å². The van der Waals surface area contributed by atoms with E-state index < -0.39 is 5.60 Å². The highest BCUT2D eigenvalue weighted by Crippen LogP contribution is 2.02. The van der Waals surface area contributed by atoms with Gasteiger partial charge in [0.1, 0.15) is 6.54 Å². The van der Waals surface area contributed by atoms with Gasteiger partial charge in [-0.3, -0.25) is 9.59 Å². The van der Waals surface area contributed by atoms with Gasteiger partial charge in [0.05, 0.1) is 5.60 Å². The fourth-order valence-electron chi connectivity index (χ4n) is 2.02. The minimum Gasteiger partial charge on any atom is -0.387 e. The van der Waals surface area contributed by atoms with E-state index in [0.717, 1.165) is 0 Å². The molecule has 112 valence electrons. The summed E-state index contributed by atoms with van der Waals surface area (Å²) < 4.78 is 1.35. The number of rotatable bonds is 6. The molecule has 1 unspecified atom stereocenters. The molecule has 0 spiro atoms. The van der Waals surface area contributed by atoms with Gasteiger partial charge in [0.15, 0.2) is 0 Å². The summed E-state index contributed by atoms with van der Waals surface area (Å²) in [4.78, 5) is 25.4. The Balaban J connectivity index is 2.56. The average Bonchev–Trinajstić information content (AvgIpc) is 2.31. The minimum absolute atomic E-state index is 0.0431. The standard InChI is InChI=1S/C14H23N3O3/c1-11-6-5-7-17(13(11)19)8-12(18)15-9-14(2,20)10-16(3)4/h5-7,20H,8-10H2,1-4H3,(H,15,18). The molecule has 0 aliphatic carbocycles. The molecule has 1 amide bonds. The molecule has 0 saturated carbocycles. The van der Waals surface area contributed by atoms with E-state index in [1.54, 1.807) is 32.2 Å². The van der Waals surface area contributed by atoms with Crippen LogP contribution in [0.2, 0.25) is 0 Å². The van der Waals surface area contributed by atoms with E-state index in [-0.39, 0.29) is 24.6 Å². The lowest BCUT2D eigenvalue weighted by molar-refractivity contribution is -0.123. The average molecular weight is 281 g/mol. The van der Waals surface area contributed by atoms with Crippen molar-refractivity contribution in [1.82, 2.24) is 14.8 Å². The summed E-state index contributed by atoms with van der Waals surface area (Å²) in [5.41, 5.74) is -0.584. The molecule has 0 saturated heterocycles. The van der Waals surface area contributed by atoms with Gasteiger partial charge in [-0.2, -0.15) is 0 Å². The van der Waals surface area contributed by atoms with Crippen LogP contribution in [0.4, 0.5) is 0 Å². The summed E-state index contributed by atoms with van der Waals surface area (Å²) in [6, 6.07) is 3.44. The molecule has 0 aromatic carbocycles. The maximum atomic E-state index is 11.8. The largest absolute Gasteiger partial charge is 0.387 e. The Morgan fingerprint density at radius 1 is 1.50 bits per heavy atom. The highest BCUT2D eigenvalue weighted by atomic mass is 16.3. The Morgan fingerprint density at radius 2 is 2.15 bits per heavy atom. The van der Waals surface area contributed by atoms with Crippen LogP contribution >= 0.6 is 0 Å². The number of likely N-dealkylation sites (N-methyl/N-ethyl adjacent to an activating group) is 1. The number of nitrogens with zero attached hydrogens (tertiary/aromatic N) is 2. The topological polar surface area (TPSA) is 74.6 Å². The van der Waals surface area contributed by atoms with Crippen LogP contribution in [0.3, 0.4) is 0 Å². The maximum absolute atomic E-state index is 11.8. The number of hydrogen-bond acceptors (Lipinski definition) is 4. The molecule has 1 aromatic rings. The van der Waals surface area contributed by atoms with Gasteiger partial charge in [0, 0.05) is 24.8 Å². The summed E-state index contributed by atoms with van der Waals surface area (Å²) in [5, 5.41) is 12.7. The molecule has 20 heavy (non-hydrogen) atoms. The molecule has 6 heteroatoms. The molecule has 1 rings (SSSR count). The molecule has 1 heterocycles. The van der Waals surface area contributed by atoms with Gasteiger partial charge >= 0.3 is 0 Å². The SMILES string of the molecule is Cc1cccn(CC(=O)NCC(C)(O)CN(C)C)c1=O. The highest BCUT2D eigenvalue weighted by molar-refractivity contribution is 5.75. The summed E-state index contributed by atoms with van der Waals surface area (Å²) in [6.45, 7) is 3.91. The second kappa shape index (κ2) is 6.67. The van der Waals surface area contributed by atoms with Crippen LogP contribution in [0.1, 0.15) is 12.5 Å². The molecule has 0 fully saturated rings. The monoisotopic (exact) mass is 281 g/mol. The normalized spacial score (nSPS) is 14.1. The third kappa shape index (κ3) is 5.14. The molecular formula is C14H23N3O3. The predicted octanol–water partition coefficient (Wildman–Crippen LogP) is -0.414. The van der Waals surface area contributed by atoms with Gasteiger partial charge in [-0.15, -0.1) is 0 Å². The number of nitrogens with one attached hydrogen (secondary N) is 1. The molecule has 1 atom stereocenters. The third-order valence-electron chi connectivity index (χ3n) is 2.85. The fraction of sp³-hybridized carbons (Fsp3) is 0.571. The number of carbonyl (C=O) groups excluding carboxylic acids is 1. The molecule has 1 aromatic heterocycles. The number of aromatic nitrogens is 1. The highest BCUT2D eigenvalue weighted by Gasteiger charge is 2.22. The lowest BCUT2D eigenvalue weighted by atomic mass is 10.1. The molecule has 0 aliphatic heterocycles. The summed E-state index contributed by atoms with van der Waals surface area (Å²) >= 11 is 0. The van der Waals surface area contributed by atoms with Crippen molar-refractivity contribution in [3.8, 4) is 0 Å². The van der Waals surface area contributed by atoms with Crippen LogP contribution in [-0.2, 0) is 11.3 Å².